The van der Waals surface area contributed by atoms with Crippen LogP contribution in [0.5, 0.6) is 0 Å². The van der Waals surface area contributed by atoms with Crippen molar-refractivity contribution in [3.63, 3.8) is 0 Å². The minimum Gasteiger partial charge on any atom is -0.309 e. The van der Waals surface area contributed by atoms with Crippen LogP contribution < -0.4 is 5.32 Å². The number of hydrogen-bond acceptors (Lipinski definition) is 5. The van der Waals surface area contributed by atoms with Crippen LogP contribution >= 0.6 is 22.9 Å². The van der Waals surface area contributed by atoms with Crippen molar-refractivity contribution in [2.24, 2.45) is 0 Å². The quantitative estimate of drug-likeness (QED) is 0.858. The van der Waals surface area contributed by atoms with Crippen LogP contribution in [0.3, 0.4) is 0 Å². The van der Waals surface area contributed by atoms with Gasteiger partial charge in [0, 0.05) is 27.6 Å². The fourth-order valence-corrected chi connectivity index (χ4v) is 4.31. The third kappa shape index (κ3) is 4.11. The summed E-state index contributed by atoms with van der Waals surface area (Å²) in [7, 11) is 0. The monoisotopic (exact) mass is 323 g/mol. The molecule has 1 N–H and O–H groups in total. The normalized spacial score (nSPS) is 13.6. The zero-order valence-corrected chi connectivity index (χ0v) is 15.2. The summed E-state index contributed by atoms with van der Waals surface area (Å²) >= 11 is 3.46. The first kappa shape index (κ1) is 16.6. The van der Waals surface area contributed by atoms with Gasteiger partial charge in [0.1, 0.15) is 0 Å². The molecule has 0 aliphatic carbocycles. The smallest absolute Gasteiger partial charge is 0.0857 e. The Kier molecular flexibility index (Phi) is 5.52. The first-order valence-corrected chi connectivity index (χ1v) is 9.18. The van der Waals surface area contributed by atoms with E-state index in [1.807, 2.05) is 11.3 Å². The Morgan fingerprint density at radius 2 is 1.90 bits per heavy atom. The summed E-state index contributed by atoms with van der Waals surface area (Å²) in [5.41, 5.74) is 1.17. The molecular weight excluding hydrogens is 298 g/mol. The molecule has 116 valence electrons. The second kappa shape index (κ2) is 6.99. The van der Waals surface area contributed by atoms with Crippen molar-refractivity contribution in [2.45, 2.75) is 58.9 Å². The molecule has 2 rings (SSSR count). The van der Waals surface area contributed by atoms with Crippen LogP contribution in [0.1, 0.15) is 61.0 Å². The third-order valence-electron chi connectivity index (χ3n) is 3.46. The SMILES string of the molecule is CCNC(Cc1ccc(CC)s1)c1snnc1C(C)(C)C. The van der Waals surface area contributed by atoms with E-state index in [9.17, 15) is 0 Å². The van der Waals surface area contributed by atoms with E-state index in [1.54, 1.807) is 0 Å². The highest BCUT2D eigenvalue weighted by atomic mass is 32.1. The van der Waals surface area contributed by atoms with Gasteiger partial charge in [-0.2, -0.15) is 0 Å². The van der Waals surface area contributed by atoms with Gasteiger partial charge >= 0.3 is 0 Å². The van der Waals surface area contributed by atoms with Crippen LogP contribution in [0.2, 0.25) is 0 Å². The molecule has 0 spiro atoms. The molecule has 0 saturated carbocycles. The van der Waals surface area contributed by atoms with Gasteiger partial charge in [-0.05, 0) is 36.6 Å². The van der Waals surface area contributed by atoms with Crippen LogP contribution in [0, 0.1) is 0 Å². The number of aromatic nitrogens is 2. The molecule has 0 aromatic carbocycles. The number of hydrogen-bond donors (Lipinski definition) is 1. The lowest BCUT2D eigenvalue weighted by atomic mass is 9.89. The Labute approximate surface area is 136 Å². The summed E-state index contributed by atoms with van der Waals surface area (Å²) < 4.78 is 4.21. The van der Waals surface area contributed by atoms with E-state index in [-0.39, 0.29) is 5.41 Å². The number of nitrogens with zero attached hydrogens (tertiary/aromatic N) is 2. The van der Waals surface area contributed by atoms with E-state index in [4.69, 9.17) is 0 Å². The maximum Gasteiger partial charge on any atom is 0.0857 e. The van der Waals surface area contributed by atoms with Gasteiger partial charge in [0.15, 0.2) is 0 Å². The molecule has 3 nitrogen and oxygen atoms in total. The standard InChI is InChI=1S/C16H25N3S2/c1-6-11-8-9-12(20-11)10-13(17-7-2)14-15(16(3,4)5)18-19-21-14/h8-9,13,17H,6-7,10H2,1-5H3. The highest BCUT2D eigenvalue weighted by molar-refractivity contribution is 7.12. The fourth-order valence-electron chi connectivity index (χ4n) is 2.37. The van der Waals surface area contributed by atoms with E-state index in [2.05, 4.69) is 61.7 Å². The van der Waals surface area contributed by atoms with Gasteiger partial charge < -0.3 is 5.32 Å². The molecule has 1 atom stereocenters. The number of thiophene rings is 1. The largest absolute Gasteiger partial charge is 0.309 e. The van der Waals surface area contributed by atoms with Crippen LogP contribution in [0.15, 0.2) is 12.1 Å². The maximum atomic E-state index is 4.39. The molecule has 0 aliphatic heterocycles. The van der Waals surface area contributed by atoms with Crippen LogP contribution in [0.25, 0.3) is 0 Å². The Morgan fingerprint density at radius 1 is 1.19 bits per heavy atom. The fraction of sp³-hybridized carbons (Fsp3) is 0.625. The summed E-state index contributed by atoms with van der Waals surface area (Å²) in [6.45, 7) is 11.9. The first-order chi connectivity index (χ1) is 9.95. The average molecular weight is 324 g/mol. The van der Waals surface area contributed by atoms with Crippen molar-refractivity contribution in [1.29, 1.82) is 0 Å². The highest BCUT2D eigenvalue weighted by Gasteiger charge is 2.27. The van der Waals surface area contributed by atoms with Gasteiger partial charge in [0.05, 0.1) is 10.6 Å². The van der Waals surface area contributed by atoms with Crippen molar-refractivity contribution >= 4 is 22.9 Å². The molecule has 0 radical (unpaired) electrons. The predicted octanol–water partition coefficient (Wildman–Crippen LogP) is 4.35. The minimum atomic E-state index is 0.0417. The summed E-state index contributed by atoms with van der Waals surface area (Å²) in [5, 5.41) is 8.00. The number of nitrogens with one attached hydrogen (secondary N) is 1. The summed E-state index contributed by atoms with van der Waals surface area (Å²) in [4.78, 5) is 4.18. The van der Waals surface area contributed by atoms with Gasteiger partial charge in [-0.15, -0.1) is 16.4 Å². The van der Waals surface area contributed by atoms with Gasteiger partial charge in [-0.3, -0.25) is 0 Å². The van der Waals surface area contributed by atoms with Crippen LogP contribution in [-0.2, 0) is 18.3 Å². The molecule has 0 fully saturated rings. The van der Waals surface area contributed by atoms with Crippen molar-refractivity contribution in [3.8, 4) is 0 Å². The molecule has 5 heteroatoms. The molecular formula is C16H25N3S2. The molecule has 0 amide bonds. The van der Waals surface area contributed by atoms with Gasteiger partial charge in [-0.1, -0.05) is 39.1 Å². The van der Waals surface area contributed by atoms with Crippen molar-refractivity contribution in [3.05, 3.63) is 32.5 Å². The molecule has 0 saturated heterocycles. The molecule has 2 aromatic heterocycles. The van der Waals surface area contributed by atoms with E-state index >= 15 is 0 Å². The maximum absolute atomic E-state index is 4.39. The lowest BCUT2D eigenvalue weighted by Gasteiger charge is -2.22. The van der Waals surface area contributed by atoms with Crippen molar-refractivity contribution in [1.82, 2.24) is 14.9 Å². The van der Waals surface area contributed by atoms with Gasteiger partial charge in [0.2, 0.25) is 0 Å². The van der Waals surface area contributed by atoms with E-state index in [0.717, 1.165) is 25.1 Å². The number of likely N-dealkylation sites (N-methyl/N-ethyl adjacent to an activating group) is 1. The minimum absolute atomic E-state index is 0.0417. The summed E-state index contributed by atoms with van der Waals surface area (Å²) in [6.07, 6.45) is 2.14. The Hall–Kier alpha value is -0.780. The second-order valence-corrected chi connectivity index (χ2v) is 8.31. The Morgan fingerprint density at radius 3 is 2.48 bits per heavy atom. The Bertz CT molecular complexity index is 566. The van der Waals surface area contributed by atoms with Crippen molar-refractivity contribution in [2.75, 3.05) is 6.54 Å². The van der Waals surface area contributed by atoms with E-state index < -0.39 is 0 Å². The highest BCUT2D eigenvalue weighted by Crippen LogP contribution is 2.33. The van der Waals surface area contributed by atoms with Gasteiger partial charge in [-0.25, -0.2) is 0 Å². The van der Waals surface area contributed by atoms with Gasteiger partial charge in [0.25, 0.3) is 0 Å². The van der Waals surface area contributed by atoms with E-state index in [0.29, 0.717) is 6.04 Å². The molecule has 2 heterocycles. The lowest BCUT2D eigenvalue weighted by molar-refractivity contribution is 0.516. The summed E-state index contributed by atoms with van der Waals surface area (Å²) in [6, 6.07) is 4.82. The predicted molar refractivity (Wildman–Crippen MR) is 92.4 cm³/mol. The van der Waals surface area contributed by atoms with Crippen LogP contribution in [-0.4, -0.2) is 16.1 Å². The lowest BCUT2D eigenvalue weighted by Crippen LogP contribution is -2.25. The average Bonchev–Trinajstić information content (AvgIpc) is 3.06. The van der Waals surface area contributed by atoms with Crippen molar-refractivity contribution < 1.29 is 0 Å². The molecule has 0 aliphatic rings. The molecule has 0 bridgehead atoms. The zero-order chi connectivity index (χ0) is 15.5. The van der Waals surface area contributed by atoms with Crippen LogP contribution in [0.4, 0.5) is 0 Å². The molecule has 1 unspecified atom stereocenters. The number of rotatable bonds is 6. The topological polar surface area (TPSA) is 37.8 Å². The van der Waals surface area contributed by atoms with E-state index in [1.165, 1.54) is 26.2 Å². The molecule has 21 heavy (non-hydrogen) atoms. The molecule has 2 aromatic rings. The third-order valence-corrected chi connectivity index (χ3v) is 5.55. The second-order valence-electron chi connectivity index (χ2n) is 6.27. The Balaban J connectivity index is 2.25. The zero-order valence-electron chi connectivity index (χ0n) is 13.6. The summed E-state index contributed by atoms with van der Waals surface area (Å²) in [5.74, 6) is 0. The first-order valence-electron chi connectivity index (χ1n) is 7.59. The number of aryl methyl sites for hydroxylation is 1.